The molecule has 2 rings (SSSR count). The van der Waals surface area contributed by atoms with Gasteiger partial charge in [0.05, 0.1) is 10.0 Å². The second-order valence-corrected chi connectivity index (χ2v) is 6.98. The van der Waals surface area contributed by atoms with Gasteiger partial charge in [-0.2, -0.15) is 0 Å². The Kier molecular flexibility index (Phi) is 6.72. The van der Waals surface area contributed by atoms with E-state index in [2.05, 4.69) is 5.32 Å². The first-order chi connectivity index (χ1) is 10.1. The van der Waals surface area contributed by atoms with Gasteiger partial charge in [0.15, 0.2) is 0 Å². The molecule has 0 fully saturated rings. The van der Waals surface area contributed by atoms with E-state index < -0.39 is 0 Å². The zero-order valence-corrected chi connectivity index (χ0v) is 14.7. The summed E-state index contributed by atoms with van der Waals surface area (Å²) in [4.78, 5) is 1.21. The first-order valence-electron chi connectivity index (χ1n) is 6.58. The molecule has 0 heterocycles. The summed E-state index contributed by atoms with van der Waals surface area (Å²) >= 11 is 20.0. The number of benzene rings is 2. The maximum atomic E-state index is 6.25. The van der Waals surface area contributed by atoms with Crippen LogP contribution in [0, 0.1) is 0 Å². The molecule has 0 aromatic heterocycles. The molecule has 0 aliphatic rings. The summed E-state index contributed by atoms with van der Waals surface area (Å²) in [6.45, 7) is 0. The number of halogens is 3. The van der Waals surface area contributed by atoms with Gasteiger partial charge in [-0.3, -0.25) is 0 Å². The first kappa shape index (κ1) is 17.0. The van der Waals surface area contributed by atoms with Crippen LogP contribution in [0.25, 0.3) is 0 Å². The molecule has 0 radical (unpaired) electrons. The second kappa shape index (κ2) is 8.30. The number of rotatable bonds is 6. The van der Waals surface area contributed by atoms with Gasteiger partial charge in [-0.1, -0.05) is 46.9 Å². The number of nitrogens with one attached hydrogen (secondary N) is 1. The molecule has 1 N–H and O–H groups in total. The van der Waals surface area contributed by atoms with Crippen molar-refractivity contribution in [3.63, 3.8) is 0 Å². The highest BCUT2D eigenvalue weighted by Gasteiger charge is 2.12. The summed E-state index contributed by atoms with van der Waals surface area (Å²) < 4.78 is 0. The Morgan fingerprint density at radius 3 is 2.43 bits per heavy atom. The Labute approximate surface area is 145 Å². The first-order valence-corrected chi connectivity index (χ1v) is 8.70. The maximum Gasteiger partial charge on any atom is 0.0624 e. The second-order valence-electron chi connectivity index (χ2n) is 4.67. The summed E-state index contributed by atoms with van der Waals surface area (Å²) in [5.74, 6) is 0.945. The topological polar surface area (TPSA) is 12.0 Å². The van der Waals surface area contributed by atoms with Crippen LogP contribution in [-0.2, 0) is 6.42 Å². The summed E-state index contributed by atoms with van der Waals surface area (Å²) in [7, 11) is 1.96. The summed E-state index contributed by atoms with van der Waals surface area (Å²) in [5.41, 5.74) is 1.07. The number of hydrogen-bond donors (Lipinski definition) is 1. The number of likely N-dealkylation sites (N-methyl/N-ethyl adjacent to an activating group) is 1. The smallest absolute Gasteiger partial charge is 0.0624 e. The molecule has 21 heavy (non-hydrogen) atoms. The van der Waals surface area contributed by atoms with Gasteiger partial charge < -0.3 is 5.32 Å². The third kappa shape index (κ3) is 5.08. The van der Waals surface area contributed by atoms with Gasteiger partial charge in [-0.25, -0.2) is 0 Å². The van der Waals surface area contributed by atoms with E-state index in [4.69, 9.17) is 34.8 Å². The lowest BCUT2D eigenvalue weighted by Gasteiger charge is -2.17. The van der Waals surface area contributed by atoms with Crippen molar-refractivity contribution in [1.29, 1.82) is 0 Å². The summed E-state index contributed by atoms with van der Waals surface area (Å²) in [6.07, 6.45) is 0.844. The van der Waals surface area contributed by atoms with E-state index in [0.29, 0.717) is 16.1 Å². The predicted octanol–water partition coefficient (Wildman–Crippen LogP) is 5.57. The van der Waals surface area contributed by atoms with Crippen molar-refractivity contribution in [2.24, 2.45) is 0 Å². The van der Waals surface area contributed by atoms with E-state index in [1.807, 2.05) is 49.5 Å². The van der Waals surface area contributed by atoms with E-state index >= 15 is 0 Å². The molecule has 0 saturated carbocycles. The van der Waals surface area contributed by atoms with Gasteiger partial charge in [0.1, 0.15) is 0 Å². The largest absolute Gasteiger partial charge is 0.316 e. The molecule has 112 valence electrons. The Balaban J connectivity index is 1.97. The van der Waals surface area contributed by atoms with Gasteiger partial charge in [0.25, 0.3) is 0 Å². The van der Waals surface area contributed by atoms with Crippen LogP contribution < -0.4 is 5.32 Å². The normalized spacial score (nSPS) is 12.4. The molecule has 0 aliphatic heterocycles. The lowest BCUT2D eigenvalue weighted by molar-refractivity contribution is 0.617. The summed E-state index contributed by atoms with van der Waals surface area (Å²) in [5, 5.41) is 5.34. The van der Waals surface area contributed by atoms with Crippen molar-refractivity contribution in [1.82, 2.24) is 5.32 Å². The van der Waals surface area contributed by atoms with Crippen LogP contribution in [0.2, 0.25) is 15.1 Å². The van der Waals surface area contributed by atoms with Gasteiger partial charge in [0, 0.05) is 21.7 Å². The van der Waals surface area contributed by atoms with Crippen molar-refractivity contribution >= 4 is 46.6 Å². The van der Waals surface area contributed by atoms with E-state index in [1.165, 1.54) is 4.90 Å². The highest BCUT2D eigenvalue weighted by atomic mass is 35.5. The Hall–Kier alpha value is -0.380. The minimum Gasteiger partial charge on any atom is -0.316 e. The minimum absolute atomic E-state index is 0.321. The standard InChI is InChI=1S/C16H16Cl3NS/c1-20-13(9-11-3-2-4-15(18)16(11)19)10-21-14-7-5-12(17)6-8-14/h2-8,13,20H,9-10H2,1H3. The van der Waals surface area contributed by atoms with Gasteiger partial charge in [-0.05, 0) is 49.4 Å². The fourth-order valence-corrected chi connectivity index (χ4v) is 3.47. The van der Waals surface area contributed by atoms with Crippen LogP contribution in [0.4, 0.5) is 0 Å². The minimum atomic E-state index is 0.321. The third-order valence-electron chi connectivity index (χ3n) is 3.17. The molecule has 1 unspecified atom stereocenters. The molecular weight excluding hydrogens is 345 g/mol. The van der Waals surface area contributed by atoms with Gasteiger partial charge >= 0.3 is 0 Å². The molecule has 0 bridgehead atoms. The van der Waals surface area contributed by atoms with Crippen molar-refractivity contribution in [3.8, 4) is 0 Å². The molecule has 0 spiro atoms. The van der Waals surface area contributed by atoms with Crippen molar-refractivity contribution in [3.05, 3.63) is 63.1 Å². The van der Waals surface area contributed by atoms with Gasteiger partial charge in [0.2, 0.25) is 0 Å². The lowest BCUT2D eigenvalue weighted by Crippen LogP contribution is -2.30. The van der Waals surface area contributed by atoms with Crippen molar-refractivity contribution in [2.75, 3.05) is 12.8 Å². The molecule has 0 saturated heterocycles. The zero-order chi connectivity index (χ0) is 15.2. The van der Waals surface area contributed by atoms with E-state index in [0.717, 1.165) is 22.8 Å². The highest BCUT2D eigenvalue weighted by Crippen LogP contribution is 2.27. The van der Waals surface area contributed by atoms with Crippen molar-refractivity contribution < 1.29 is 0 Å². The quantitative estimate of drug-likeness (QED) is 0.676. The van der Waals surface area contributed by atoms with Crippen LogP contribution >= 0.6 is 46.6 Å². The van der Waals surface area contributed by atoms with Crippen LogP contribution in [-0.4, -0.2) is 18.8 Å². The molecule has 2 aromatic rings. The lowest BCUT2D eigenvalue weighted by atomic mass is 10.1. The van der Waals surface area contributed by atoms with E-state index in [1.54, 1.807) is 11.8 Å². The SMILES string of the molecule is CNC(CSc1ccc(Cl)cc1)Cc1cccc(Cl)c1Cl. The molecule has 1 nitrogen and oxygen atoms in total. The third-order valence-corrected chi connectivity index (χ3v) is 5.46. The molecule has 0 amide bonds. The molecule has 1 atom stereocenters. The number of hydrogen-bond acceptors (Lipinski definition) is 2. The molecule has 2 aromatic carbocycles. The fourth-order valence-electron chi connectivity index (χ4n) is 1.94. The van der Waals surface area contributed by atoms with Gasteiger partial charge in [-0.15, -0.1) is 11.8 Å². The Morgan fingerprint density at radius 1 is 1.05 bits per heavy atom. The Morgan fingerprint density at radius 2 is 1.76 bits per heavy atom. The van der Waals surface area contributed by atoms with Crippen LogP contribution in [0.15, 0.2) is 47.4 Å². The fraction of sp³-hybridized carbons (Fsp3) is 0.250. The average Bonchev–Trinajstić information content (AvgIpc) is 2.49. The van der Waals surface area contributed by atoms with Crippen LogP contribution in [0.5, 0.6) is 0 Å². The molecule has 0 aliphatic carbocycles. The van der Waals surface area contributed by atoms with Crippen LogP contribution in [0.3, 0.4) is 0 Å². The van der Waals surface area contributed by atoms with Crippen LogP contribution in [0.1, 0.15) is 5.56 Å². The molecule has 5 heteroatoms. The van der Waals surface area contributed by atoms with Crippen molar-refractivity contribution in [2.45, 2.75) is 17.4 Å². The number of thioether (sulfide) groups is 1. The molecular formula is C16H16Cl3NS. The van der Waals surface area contributed by atoms with E-state index in [-0.39, 0.29) is 0 Å². The maximum absolute atomic E-state index is 6.25. The highest BCUT2D eigenvalue weighted by molar-refractivity contribution is 7.99. The monoisotopic (exact) mass is 359 g/mol. The summed E-state index contributed by atoms with van der Waals surface area (Å²) in [6, 6.07) is 14.0. The Bertz CT molecular complexity index is 587. The van der Waals surface area contributed by atoms with E-state index in [9.17, 15) is 0 Å². The predicted molar refractivity (Wildman–Crippen MR) is 95.2 cm³/mol. The zero-order valence-electron chi connectivity index (χ0n) is 11.6. The average molecular weight is 361 g/mol.